The molecule has 0 aliphatic rings. The molecule has 210 valence electrons. The van der Waals surface area contributed by atoms with E-state index in [2.05, 4.69) is 19.2 Å². The summed E-state index contributed by atoms with van der Waals surface area (Å²) < 4.78 is 0. The van der Waals surface area contributed by atoms with Gasteiger partial charge in [-0.2, -0.15) is 0 Å². The smallest absolute Gasteiger partial charge is 0.138 e. The first-order valence-corrected chi connectivity index (χ1v) is 16.3. The topological polar surface area (TPSA) is 32.3 Å². The van der Waals surface area contributed by atoms with E-state index in [1.54, 1.807) is 6.07 Å². The van der Waals surface area contributed by atoms with E-state index in [1.165, 1.54) is 154 Å². The summed E-state index contributed by atoms with van der Waals surface area (Å²) in [5.41, 5.74) is 0.870. The molecule has 1 aromatic carbocycles. The minimum Gasteiger partial charge on any atom is -0.506 e. The van der Waals surface area contributed by atoms with Gasteiger partial charge in [-0.15, -0.1) is 0 Å². The van der Waals surface area contributed by atoms with E-state index in [4.69, 9.17) is 0 Å². The number of nitrogens with one attached hydrogen (secondary N) is 1. The van der Waals surface area contributed by atoms with Crippen LogP contribution in [0.2, 0.25) is 0 Å². The quantitative estimate of drug-likeness (QED) is 0.0927. The maximum Gasteiger partial charge on any atom is 0.138 e. The number of anilines is 1. The Labute approximate surface area is 226 Å². The van der Waals surface area contributed by atoms with E-state index in [1.807, 2.05) is 18.2 Å². The zero-order valence-corrected chi connectivity index (χ0v) is 24.5. The standard InChI is InChI=1S/C34H63NO/c1-3-5-7-9-10-11-12-13-14-15-16-17-18-19-20-22-27-32(26-21-8-6-4-2)28-25-31-35-33-29-23-24-30-34(33)36/h23-24,29-30,32,35-36H,3-22,25-28,31H2,1-2H3. The first-order chi connectivity index (χ1) is 17.8. The van der Waals surface area contributed by atoms with Crippen LogP contribution in [0.25, 0.3) is 0 Å². The SMILES string of the molecule is CCCCCCCCCCCCCCCCCCC(CCCCCC)CCCNc1ccccc1O. The lowest BCUT2D eigenvalue weighted by Gasteiger charge is -2.17. The molecular formula is C34H63NO. The van der Waals surface area contributed by atoms with Crippen molar-refractivity contribution in [2.45, 2.75) is 168 Å². The molecule has 2 N–H and O–H groups in total. The molecular weight excluding hydrogens is 438 g/mol. The summed E-state index contributed by atoms with van der Waals surface area (Å²) in [5.74, 6) is 1.25. The molecule has 1 aromatic rings. The second kappa shape index (κ2) is 25.5. The molecule has 0 bridgehead atoms. The van der Waals surface area contributed by atoms with Crippen molar-refractivity contribution >= 4 is 5.69 Å². The maximum atomic E-state index is 9.93. The monoisotopic (exact) mass is 501 g/mol. The van der Waals surface area contributed by atoms with Crippen molar-refractivity contribution in [2.24, 2.45) is 5.92 Å². The van der Waals surface area contributed by atoms with Crippen LogP contribution in [0, 0.1) is 5.92 Å². The van der Waals surface area contributed by atoms with Gasteiger partial charge in [-0.1, -0.05) is 167 Å². The zero-order chi connectivity index (χ0) is 25.9. The zero-order valence-electron chi connectivity index (χ0n) is 24.5. The van der Waals surface area contributed by atoms with Gasteiger partial charge in [0.15, 0.2) is 0 Å². The van der Waals surface area contributed by atoms with Crippen LogP contribution in [0.4, 0.5) is 5.69 Å². The third kappa shape index (κ3) is 19.9. The number of para-hydroxylation sites is 2. The summed E-state index contributed by atoms with van der Waals surface area (Å²) in [5, 5.41) is 13.4. The molecule has 0 aliphatic heterocycles. The minimum atomic E-state index is 0.363. The molecule has 1 atom stereocenters. The fraction of sp³-hybridized carbons (Fsp3) is 0.824. The summed E-state index contributed by atoms with van der Waals surface area (Å²) in [7, 11) is 0. The molecule has 0 fully saturated rings. The number of phenolic OH excluding ortho intramolecular Hbond substituents is 1. The highest BCUT2D eigenvalue weighted by Crippen LogP contribution is 2.25. The second-order valence-corrected chi connectivity index (χ2v) is 11.4. The summed E-state index contributed by atoms with van der Waals surface area (Å²) >= 11 is 0. The third-order valence-electron chi connectivity index (χ3n) is 7.94. The van der Waals surface area contributed by atoms with Gasteiger partial charge in [-0.05, 0) is 30.9 Å². The first-order valence-electron chi connectivity index (χ1n) is 16.3. The van der Waals surface area contributed by atoms with Crippen LogP contribution < -0.4 is 5.32 Å². The number of hydrogen-bond donors (Lipinski definition) is 2. The molecule has 1 unspecified atom stereocenters. The summed E-state index contributed by atoms with van der Waals surface area (Å²) in [6.45, 7) is 5.56. The predicted molar refractivity (Wildman–Crippen MR) is 162 cm³/mol. The molecule has 36 heavy (non-hydrogen) atoms. The number of hydrogen-bond acceptors (Lipinski definition) is 2. The van der Waals surface area contributed by atoms with E-state index < -0.39 is 0 Å². The van der Waals surface area contributed by atoms with Crippen molar-refractivity contribution < 1.29 is 5.11 Å². The Bertz CT molecular complexity index is 572. The van der Waals surface area contributed by atoms with Crippen LogP contribution in [0.1, 0.15) is 168 Å². The lowest BCUT2D eigenvalue weighted by atomic mass is 9.90. The summed E-state index contributed by atoms with van der Waals surface area (Å²) in [4.78, 5) is 0. The van der Waals surface area contributed by atoms with Gasteiger partial charge in [0, 0.05) is 6.54 Å². The molecule has 0 aliphatic carbocycles. The maximum absolute atomic E-state index is 9.93. The molecule has 2 nitrogen and oxygen atoms in total. The molecule has 0 spiro atoms. The van der Waals surface area contributed by atoms with E-state index in [0.717, 1.165) is 18.2 Å². The molecule has 0 heterocycles. The highest BCUT2D eigenvalue weighted by Gasteiger charge is 2.09. The van der Waals surface area contributed by atoms with Crippen molar-refractivity contribution in [1.29, 1.82) is 0 Å². The van der Waals surface area contributed by atoms with E-state index >= 15 is 0 Å². The molecule has 0 saturated heterocycles. The van der Waals surface area contributed by atoms with Crippen LogP contribution in [-0.2, 0) is 0 Å². The normalized spacial score (nSPS) is 12.2. The third-order valence-corrected chi connectivity index (χ3v) is 7.94. The van der Waals surface area contributed by atoms with Crippen molar-refractivity contribution in [3.8, 4) is 5.75 Å². The summed E-state index contributed by atoms with van der Waals surface area (Å²) in [6, 6.07) is 7.59. The highest BCUT2D eigenvalue weighted by atomic mass is 16.3. The average molecular weight is 502 g/mol. The van der Waals surface area contributed by atoms with Crippen molar-refractivity contribution in [2.75, 3.05) is 11.9 Å². The average Bonchev–Trinajstić information content (AvgIpc) is 2.89. The number of aromatic hydroxyl groups is 1. The largest absolute Gasteiger partial charge is 0.506 e. The molecule has 2 heteroatoms. The molecule has 1 rings (SSSR count). The van der Waals surface area contributed by atoms with Crippen LogP contribution in [-0.4, -0.2) is 11.7 Å². The van der Waals surface area contributed by atoms with Crippen molar-refractivity contribution in [3.63, 3.8) is 0 Å². The highest BCUT2D eigenvalue weighted by molar-refractivity contribution is 5.54. The van der Waals surface area contributed by atoms with Crippen LogP contribution in [0.3, 0.4) is 0 Å². The number of unbranched alkanes of at least 4 members (excludes halogenated alkanes) is 18. The Balaban J connectivity index is 2.01. The minimum absolute atomic E-state index is 0.363. The Morgan fingerprint density at radius 1 is 0.528 bits per heavy atom. The lowest BCUT2D eigenvalue weighted by Crippen LogP contribution is -2.07. The Morgan fingerprint density at radius 2 is 0.917 bits per heavy atom. The molecule has 0 aromatic heterocycles. The summed E-state index contributed by atoms with van der Waals surface area (Å²) in [6.07, 6.45) is 34.0. The van der Waals surface area contributed by atoms with Gasteiger partial charge in [0.1, 0.15) is 5.75 Å². The van der Waals surface area contributed by atoms with Crippen LogP contribution >= 0.6 is 0 Å². The van der Waals surface area contributed by atoms with Gasteiger partial charge >= 0.3 is 0 Å². The molecule has 0 saturated carbocycles. The first kappa shape index (κ1) is 32.8. The van der Waals surface area contributed by atoms with Crippen molar-refractivity contribution in [1.82, 2.24) is 0 Å². The van der Waals surface area contributed by atoms with Gasteiger partial charge in [-0.3, -0.25) is 0 Å². The van der Waals surface area contributed by atoms with Gasteiger partial charge in [-0.25, -0.2) is 0 Å². The van der Waals surface area contributed by atoms with Gasteiger partial charge in [0.25, 0.3) is 0 Å². The fourth-order valence-corrected chi connectivity index (χ4v) is 5.51. The van der Waals surface area contributed by atoms with E-state index in [-0.39, 0.29) is 0 Å². The number of rotatable bonds is 27. The lowest BCUT2D eigenvalue weighted by molar-refractivity contribution is 0.376. The predicted octanol–water partition coefficient (Wildman–Crippen LogP) is 11.8. The van der Waals surface area contributed by atoms with E-state index in [9.17, 15) is 5.11 Å². The Morgan fingerprint density at radius 3 is 1.39 bits per heavy atom. The second-order valence-electron chi connectivity index (χ2n) is 11.4. The van der Waals surface area contributed by atoms with Crippen molar-refractivity contribution in [3.05, 3.63) is 24.3 Å². The van der Waals surface area contributed by atoms with Gasteiger partial charge in [0.2, 0.25) is 0 Å². The number of benzene rings is 1. The fourth-order valence-electron chi connectivity index (χ4n) is 5.51. The van der Waals surface area contributed by atoms with Gasteiger partial charge < -0.3 is 10.4 Å². The Kier molecular flexibility index (Phi) is 23.2. The Hall–Kier alpha value is -1.18. The van der Waals surface area contributed by atoms with E-state index in [0.29, 0.717) is 5.75 Å². The van der Waals surface area contributed by atoms with Gasteiger partial charge in [0.05, 0.1) is 5.69 Å². The molecule has 0 radical (unpaired) electrons. The molecule has 0 amide bonds. The van der Waals surface area contributed by atoms with Crippen LogP contribution in [0.15, 0.2) is 24.3 Å². The van der Waals surface area contributed by atoms with Crippen LogP contribution in [0.5, 0.6) is 5.75 Å². The number of phenols is 1.